The van der Waals surface area contributed by atoms with E-state index in [2.05, 4.69) is 10.3 Å². The van der Waals surface area contributed by atoms with Gasteiger partial charge >= 0.3 is 5.69 Å². The van der Waals surface area contributed by atoms with Crippen LogP contribution in [0.2, 0.25) is 0 Å². The third kappa shape index (κ3) is 2.94. The number of carbonyl (C=O) groups is 1. The fraction of sp³-hybridized carbons (Fsp3) is 0.154. The van der Waals surface area contributed by atoms with Crippen LogP contribution in [0.15, 0.2) is 40.1 Å². The van der Waals surface area contributed by atoms with Gasteiger partial charge in [0.25, 0.3) is 11.5 Å². The predicted octanol–water partition coefficient (Wildman–Crippen LogP) is 0.714. The number of aromatic amines is 2. The van der Waals surface area contributed by atoms with E-state index >= 15 is 0 Å². The summed E-state index contributed by atoms with van der Waals surface area (Å²) in [6.07, 6.45) is 1.07. The lowest BCUT2D eigenvalue weighted by atomic mass is 10.2. The Bertz CT molecular complexity index is 733. The molecule has 7 nitrogen and oxygen atoms in total. The highest BCUT2D eigenvalue weighted by molar-refractivity contribution is 6.04. The predicted molar refractivity (Wildman–Crippen MR) is 73.2 cm³/mol. The average Bonchev–Trinajstić information content (AvgIpc) is 2.41. The maximum Gasteiger partial charge on any atom is 0.325 e. The Morgan fingerprint density at radius 3 is 2.75 bits per heavy atom. The Hall–Kier alpha value is -2.83. The van der Waals surface area contributed by atoms with E-state index in [0.717, 1.165) is 6.20 Å². The van der Waals surface area contributed by atoms with Crippen LogP contribution in [0.25, 0.3) is 0 Å². The Labute approximate surface area is 113 Å². The number of carbonyl (C=O) groups excluding carboxylic acids is 1. The van der Waals surface area contributed by atoms with E-state index in [0.29, 0.717) is 18.0 Å². The van der Waals surface area contributed by atoms with Gasteiger partial charge < -0.3 is 15.0 Å². The lowest BCUT2D eigenvalue weighted by Crippen LogP contribution is -2.29. The van der Waals surface area contributed by atoms with Crippen molar-refractivity contribution in [2.24, 2.45) is 0 Å². The van der Waals surface area contributed by atoms with Gasteiger partial charge in [0.1, 0.15) is 11.3 Å². The Balaban J connectivity index is 2.28. The summed E-state index contributed by atoms with van der Waals surface area (Å²) in [5, 5.41) is 2.57. The number of ether oxygens (including phenoxy) is 1. The number of nitrogens with one attached hydrogen (secondary N) is 3. The van der Waals surface area contributed by atoms with Crippen molar-refractivity contribution in [3.63, 3.8) is 0 Å². The highest BCUT2D eigenvalue weighted by Gasteiger charge is 2.13. The molecule has 0 spiro atoms. The molecule has 1 aromatic carbocycles. The summed E-state index contributed by atoms with van der Waals surface area (Å²) in [5.41, 5.74) is -1.15. The van der Waals surface area contributed by atoms with Crippen molar-refractivity contribution >= 4 is 11.6 Å². The number of benzene rings is 1. The molecule has 1 heterocycles. The monoisotopic (exact) mass is 275 g/mol. The summed E-state index contributed by atoms with van der Waals surface area (Å²) in [6.45, 7) is 2.28. The first kappa shape index (κ1) is 13.6. The van der Waals surface area contributed by atoms with Gasteiger partial charge in [-0.25, -0.2) is 4.79 Å². The van der Waals surface area contributed by atoms with Crippen LogP contribution in [0.3, 0.4) is 0 Å². The molecule has 1 aromatic heterocycles. The van der Waals surface area contributed by atoms with E-state index in [1.54, 1.807) is 24.3 Å². The number of H-pyrrole nitrogens is 2. The molecule has 2 rings (SSSR count). The van der Waals surface area contributed by atoms with Crippen molar-refractivity contribution in [2.45, 2.75) is 6.92 Å². The van der Waals surface area contributed by atoms with Crippen LogP contribution in [0, 0.1) is 0 Å². The minimum absolute atomic E-state index is 0.184. The second kappa shape index (κ2) is 5.87. The molecular weight excluding hydrogens is 262 g/mol. The summed E-state index contributed by atoms with van der Waals surface area (Å²) in [4.78, 5) is 38.6. The quantitative estimate of drug-likeness (QED) is 0.764. The highest BCUT2D eigenvalue weighted by Crippen LogP contribution is 2.23. The zero-order chi connectivity index (χ0) is 14.5. The van der Waals surface area contributed by atoms with Crippen molar-refractivity contribution in [3.05, 3.63) is 56.9 Å². The summed E-state index contributed by atoms with van der Waals surface area (Å²) in [6, 6.07) is 6.86. The molecule has 0 aliphatic heterocycles. The summed E-state index contributed by atoms with van der Waals surface area (Å²) < 4.78 is 5.36. The van der Waals surface area contributed by atoms with Gasteiger partial charge in [0, 0.05) is 6.20 Å². The lowest BCUT2D eigenvalue weighted by Gasteiger charge is -2.10. The van der Waals surface area contributed by atoms with Crippen molar-refractivity contribution in [1.29, 1.82) is 0 Å². The SMILES string of the molecule is CCOc1ccccc1NC(=O)c1c[nH]c(=O)[nH]c1=O. The van der Waals surface area contributed by atoms with Crippen molar-refractivity contribution in [3.8, 4) is 5.75 Å². The molecule has 104 valence electrons. The summed E-state index contributed by atoms with van der Waals surface area (Å²) in [7, 11) is 0. The second-order valence-corrected chi connectivity index (χ2v) is 3.87. The van der Waals surface area contributed by atoms with Crippen LogP contribution < -0.4 is 21.3 Å². The molecule has 0 bridgehead atoms. The maximum atomic E-state index is 12.0. The topological polar surface area (TPSA) is 104 Å². The smallest absolute Gasteiger partial charge is 0.325 e. The average molecular weight is 275 g/mol. The van der Waals surface area contributed by atoms with Crippen molar-refractivity contribution in [2.75, 3.05) is 11.9 Å². The number of para-hydroxylation sites is 2. The minimum atomic E-state index is -0.750. The van der Waals surface area contributed by atoms with Gasteiger partial charge in [-0.15, -0.1) is 0 Å². The molecule has 0 aliphatic rings. The largest absolute Gasteiger partial charge is 0.492 e. The number of anilines is 1. The molecular formula is C13H13N3O4. The van der Waals surface area contributed by atoms with Crippen molar-refractivity contribution < 1.29 is 9.53 Å². The second-order valence-electron chi connectivity index (χ2n) is 3.87. The first-order valence-corrected chi connectivity index (χ1v) is 5.97. The number of amides is 1. The van der Waals surface area contributed by atoms with E-state index in [9.17, 15) is 14.4 Å². The minimum Gasteiger partial charge on any atom is -0.492 e. The molecule has 3 N–H and O–H groups in total. The van der Waals surface area contributed by atoms with Crippen LogP contribution in [0.5, 0.6) is 5.75 Å². The number of rotatable bonds is 4. The zero-order valence-corrected chi connectivity index (χ0v) is 10.7. The third-order valence-electron chi connectivity index (χ3n) is 2.50. The third-order valence-corrected chi connectivity index (χ3v) is 2.50. The van der Waals surface area contributed by atoms with E-state index in [-0.39, 0.29) is 5.56 Å². The molecule has 0 atom stereocenters. The lowest BCUT2D eigenvalue weighted by molar-refractivity contribution is 0.102. The van der Waals surface area contributed by atoms with Gasteiger partial charge in [0.05, 0.1) is 12.3 Å². The molecule has 0 saturated carbocycles. The van der Waals surface area contributed by atoms with Crippen LogP contribution in [0.4, 0.5) is 5.69 Å². The maximum absolute atomic E-state index is 12.0. The van der Waals surface area contributed by atoms with Gasteiger partial charge in [0.2, 0.25) is 0 Å². The first-order valence-electron chi connectivity index (χ1n) is 5.97. The normalized spacial score (nSPS) is 10.1. The molecule has 20 heavy (non-hydrogen) atoms. The Kier molecular flexibility index (Phi) is 3.99. The number of hydrogen-bond donors (Lipinski definition) is 3. The molecule has 0 saturated heterocycles. The molecule has 0 fully saturated rings. The van der Waals surface area contributed by atoms with Crippen LogP contribution in [0.1, 0.15) is 17.3 Å². The molecule has 7 heteroatoms. The van der Waals surface area contributed by atoms with E-state index in [1.165, 1.54) is 0 Å². The standard InChI is InChI=1S/C13H13N3O4/c1-2-20-10-6-4-3-5-9(10)15-11(17)8-7-14-13(19)16-12(8)18/h3-7H,2H2,1H3,(H,15,17)(H2,14,16,18,19). The highest BCUT2D eigenvalue weighted by atomic mass is 16.5. The first-order chi connectivity index (χ1) is 9.61. The Morgan fingerprint density at radius 1 is 1.30 bits per heavy atom. The van der Waals surface area contributed by atoms with E-state index in [4.69, 9.17) is 4.74 Å². The van der Waals surface area contributed by atoms with Gasteiger partial charge in [0.15, 0.2) is 0 Å². The van der Waals surface area contributed by atoms with Crippen LogP contribution >= 0.6 is 0 Å². The van der Waals surface area contributed by atoms with Crippen molar-refractivity contribution in [1.82, 2.24) is 9.97 Å². The fourth-order valence-corrected chi connectivity index (χ4v) is 1.62. The van der Waals surface area contributed by atoms with Crippen LogP contribution in [-0.4, -0.2) is 22.5 Å². The number of aromatic nitrogens is 2. The molecule has 0 aliphatic carbocycles. The summed E-state index contributed by atoms with van der Waals surface area (Å²) in [5.74, 6) is -0.126. The molecule has 2 aromatic rings. The van der Waals surface area contributed by atoms with Gasteiger partial charge in [-0.3, -0.25) is 14.6 Å². The zero-order valence-electron chi connectivity index (χ0n) is 10.7. The molecule has 0 radical (unpaired) electrons. The summed E-state index contributed by atoms with van der Waals surface area (Å²) >= 11 is 0. The number of hydrogen-bond acceptors (Lipinski definition) is 4. The van der Waals surface area contributed by atoms with Gasteiger partial charge in [-0.2, -0.15) is 0 Å². The van der Waals surface area contributed by atoms with Gasteiger partial charge in [-0.1, -0.05) is 12.1 Å². The van der Waals surface area contributed by atoms with E-state index in [1.807, 2.05) is 11.9 Å². The van der Waals surface area contributed by atoms with E-state index < -0.39 is 17.2 Å². The molecule has 0 unspecified atom stereocenters. The fourth-order valence-electron chi connectivity index (χ4n) is 1.62. The van der Waals surface area contributed by atoms with Crippen LogP contribution in [-0.2, 0) is 0 Å². The molecule has 1 amide bonds. The van der Waals surface area contributed by atoms with Gasteiger partial charge in [-0.05, 0) is 19.1 Å². The Morgan fingerprint density at radius 2 is 2.05 bits per heavy atom.